The molecule has 0 radical (unpaired) electrons. The van der Waals surface area contributed by atoms with E-state index in [-0.39, 0.29) is 6.54 Å². The minimum atomic E-state index is -4.32. The van der Waals surface area contributed by atoms with Crippen LogP contribution in [0.5, 0.6) is 0 Å². The zero-order valence-corrected chi connectivity index (χ0v) is 11.4. The molecule has 8 nitrogen and oxygen atoms in total. The molecule has 0 aromatic carbocycles. The Morgan fingerprint density at radius 3 is 1.88 bits per heavy atom. The van der Waals surface area contributed by atoms with Gasteiger partial charge in [0.2, 0.25) is 0 Å². The van der Waals surface area contributed by atoms with E-state index in [4.69, 9.17) is 24.3 Å². The van der Waals surface area contributed by atoms with Gasteiger partial charge in [-0.2, -0.15) is 0 Å². The molecule has 0 aliphatic carbocycles. The summed E-state index contributed by atoms with van der Waals surface area (Å²) in [5.74, 6) is 0. The lowest BCUT2D eigenvalue weighted by molar-refractivity contribution is 0.135. The van der Waals surface area contributed by atoms with E-state index >= 15 is 0 Å². The van der Waals surface area contributed by atoms with Crippen LogP contribution in [0.15, 0.2) is 0 Å². The zero-order valence-electron chi connectivity index (χ0n) is 9.60. The van der Waals surface area contributed by atoms with Crippen molar-refractivity contribution in [2.24, 2.45) is 0 Å². The van der Waals surface area contributed by atoms with Gasteiger partial charge in [-0.1, -0.05) is 0 Å². The van der Waals surface area contributed by atoms with Gasteiger partial charge in [-0.05, 0) is 13.3 Å². The van der Waals surface area contributed by atoms with E-state index < -0.39 is 27.8 Å². The molecule has 17 heavy (non-hydrogen) atoms. The lowest BCUT2D eigenvalue weighted by Gasteiger charge is -2.22. The minimum Gasteiger partial charge on any atom is -0.382 e. The van der Waals surface area contributed by atoms with Gasteiger partial charge in [-0.25, -0.2) is 0 Å². The van der Waals surface area contributed by atoms with Crippen LogP contribution in [0.4, 0.5) is 0 Å². The molecule has 0 aliphatic heterocycles. The van der Waals surface area contributed by atoms with Crippen LogP contribution in [0.1, 0.15) is 13.3 Å². The Balaban J connectivity index is 4.21. The molecule has 0 aromatic heterocycles. The Morgan fingerprint density at radius 2 is 1.53 bits per heavy atom. The van der Waals surface area contributed by atoms with Gasteiger partial charge in [0, 0.05) is 19.8 Å². The first-order valence-corrected chi connectivity index (χ1v) is 8.63. The van der Waals surface area contributed by atoms with E-state index in [0.717, 1.165) is 4.90 Å². The SMILES string of the molecule is CCOCCCN(CP(=O)(O)O)CP(=O)(O)O. The van der Waals surface area contributed by atoms with Gasteiger partial charge < -0.3 is 24.3 Å². The standard InChI is InChI=1S/C7H19NO7P2/c1-2-15-5-3-4-8(6-16(9,10)11)7-17(12,13)14/h2-7H2,1H3,(H2,9,10,11)(H2,12,13,14). The van der Waals surface area contributed by atoms with Crippen molar-refractivity contribution >= 4 is 15.2 Å². The third-order valence-electron chi connectivity index (χ3n) is 1.74. The predicted octanol–water partition coefficient (Wildman–Crippen LogP) is -0.0146. The average molecular weight is 291 g/mol. The van der Waals surface area contributed by atoms with Crippen molar-refractivity contribution in [1.29, 1.82) is 0 Å². The molecule has 0 atom stereocenters. The van der Waals surface area contributed by atoms with Gasteiger partial charge in [0.25, 0.3) is 0 Å². The fraction of sp³-hybridized carbons (Fsp3) is 1.00. The van der Waals surface area contributed by atoms with Gasteiger partial charge in [0.15, 0.2) is 0 Å². The van der Waals surface area contributed by atoms with Crippen molar-refractivity contribution < 1.29 is 33.4 Å². The van der Waals surface area contributed by atoms with Crippen LogP contribution in [0.3, 0.4) is 0 Å². The second kappa shape index (κ2) is 7.61. The summed E-state index contributed by atoms with van der Waals surface area (Å²) in [5, 5.41) is 0. The Hall–Kier alpha value is 0.220. The first-order valence-electron chi connectivity index (χ1n) is 5.03. The van der Waals surface area contributed by atoms with Crippen molar-refractivity contribution in [2.75, 3.05) is 32.3 Å². The van der Waals surface area contributed by atoms with Crippen LogP contribution < -0.4 is 0 Å². The molecule has 0 aromatic rings. The molecule has 0 amide bonds. The van der Waals surface area contributed by atoms with Crippen molar-refractivity contribution in [3.05, 3.63) is 0 Å². The third-order valence-corrected chi connectivity index (χ3v) is 3.27. The molecule has 0 rings (SSSR count). The summed E-state index contributed by atoms with van der Waals surface area (Å²) >= 11 is 0. The fourth-order valence-electron chi connectivity index (χ4n) is 1.24. The van der Waals surface area contributed by atoms with Crippen LogP contribution in [0.25, 0.3) is 0 Å². The lowest BCUT2D eigenvalue weighted by Crippen LogP contribution is -2.28. The third kappa shape index (κ3) is 12.5. The highest BCUT2D eigenvalue weighted by molar-refractivity contribution is 7.52. The minimum absolute atomic E-state index is 0.163. The van der Waals surface area contributed by atoms with E-state index in [0.29, 0.717) is 19.6 Å². The van der Waals surface area contributed by atoms with Gasteiger partial charge in [0.1, 0.15) is 12.6 Å². The van der Waals surface area contributed by atoms with Crippen LogP contribution in [-0.4, -0.2) is 56.8 Å². The molecule has 0 saturated heterocycles. The summed E-state index contributed by atoms with van der Waals surface area (Å²) in [6.45, 7) is 2.88. The molecular formula is C7H19NO7P2. The summed E-state index contributed by atoms with van der Waals surface area (Å²) in [5.41, 5.74) is 0. The quantitative estimate of drug-likeness (QED) is 0.345. The maximum atomic E-state index is 10.8. The number of hydrogen-bond acceptors (Lipinski definition) is 4. The first-order chi connectivity index (χ1) is 7.64. The van der Waals surface area contributed by atoms with Gasteiger partial charge >= 0.3 is 15.2 Å². The Morgan fingerprint density at radius 1 is 1.06 bits per heavy atom. The largest absolute Gasteiger partial charge is 0.382 e. The number of ether oxygens (including phenoxy) is 1. The Labute approximate surface area is 99.9 Å². The summed E-state index contributed by atoms with van der Waals surface area (Å²) < 4.78 is 26.6. The Bertz CT molecular complexity index is 275. The number of rotatable bonds is 9. The zero-order chi connectivity index (χ0) is 13.5. The van der Waals surface area contributed by atoms with Crippen molar-refractivity contribution in [2.45, 2.75) is 13.3 Å². The highest BCUT2D eigenvalue weighted by atomic mass is 31.2. The highest BCUT2D eigenvalue weighted by Gasteiger charge is 2.25. The molecule has 0 fully saturated rings. The average Bonchev–Trinajstić information content (AvgIpc) is 2.06. The molecule has 0 saturated carbocycles. The maximum Gasteiger partial charge on any atom is 0.339 e. The van der Waals surface area contributed by atoms with Crippen molar-refractivity contribution in [1.82, 2.24) is 4.90 Å². The van der Waals surface area contributed by atoms with Gasteiger partial charge in [-0.15, -0.1) is 0 Å². The van der Waals surface area contributed by atoms with Gasteiger partial charge in [0.05, 0.1) is 0 Å². The van der Waals surface area contributed by atoms with Crippen molar-refractivity contribution in [3.63, 3.8) is 0 Å². The Kier molecular flexibility index (Phi) is 7.71. The van der Waals surface area contributed by atoms with E-state index in [1.807, 2.05) is 6.92 Å². The second-order valence-corrected chi connectivity index (χ2v) is 6.78. The van der Waals surface area contributed by atoms with Crippen LogP contribution >= 0.6 is 15.2 Å². The maximum absolute atomic E-state index is 10.8. The van der Waals surface area contributed by atoms with Crippen molar-refractivity contribution in [3.8, 4) is 0 Å². The van der Waals surface area contributed by atoms with E-state index in [1.165, 1.54) is 0 Å². The molecule has 4 N–H and O–H groups in total. The van der Waals surface area contributed by atoms with Crippen LogP contribution in [0.2, 0.25) is 0 Å². The van der Waals surface area contributed by atoms with E-state index in [2.05, 4.69) is 0 Å². The van der Waals surface area contributed by atoms with Gasteiger partial charge in [-0.3, -0.25) is 14.0 Å². The van der Waals surface area contributed by atoms with Crippen LogP contribution in [0, 0.1) is 0 Å². The monoisotopic (exact) mass is 291 g/mol. The molecule has 0 aliphatic rings. The normalized spacial score (nSPS) is 13.3. The summed E-state index contributed by atoms with van der Waals surface area (Å²) in [7, 11) is -8.64. The lowest BCUT2D eigenvalue weighted by atomic mass is 10.4. The summed E-state index contributed by atoms with van der Waals surface area (Å²) in [6.07, 6.45) is -0.873. The summed E-state index contributed by atoms with van der Waals surface area (Å²) in [6, 6.07) is 0. The fourth-order valence-corrected chi connectivity index (χ4v) is 2.92. The molecule has 0 bridgehead atoms. The smallest absolute Gasteiger partial charge is 0.339 e. The molecule has 0 heterocycles. The molecule has 10 heteroatoms. The van der Waals surface area contributed by atoms with E-state index in [1.54, 1.807) is 0 Å². The molecular weight excluding hydrogens is 272 g/mol. The van der Waals surface area contributed by atoms with Crippen LogP contribution in [-0.2, 0) is 13.9 Å². The molecule has 0 spiro atoms. The highest BCUT2D eigenvalue weighted by Crippen LogP contribution is 2.40. The predicted molar refractivity (Wildman–Crippen MR) is 61.6 cm³/mol. The molecule has 104 valence electrons. The van der Waals surface area contributed by atoms with E-state index in [9.17, 15) is 9.13 Å². The first kappa shape index (κ1) is 17.2. The number of nitrogens with zero attached hydrogens (tertiary/aromatic N) is 1. The topological polar surface area (TPSA) is 128 Å². The second-order valence-electron chi connectivity index (χ2n) is 3.56. The molecule has 0 unspecified atom stereocenters. The summed E-state index contributed by atoms with van der Waals surface area (Å²) in [4.78, 5) is 36.1. The number of hydrogen-bond donors (Lipinski definition) is 4.